The van der Waals surface area contributed by atoms with E-state index in [0.29, 0.717) is 0 Å². The number of fused-ring (bicyclic) bond motifs is 1. The maximum absolute atomic E-state index is 12.0. The molecule has 5 nitrogen and oxygen atoms in total. The van der Waals surface area contributed by atoms with Crippen molar-refractivity contribution in [1.29, 1.82) is 0 Å². The Morgan fingerprint density at radius 3 is 2.76 bits per heavy atom. The van der Waals surface area contributed by atoms with Crippen LogP contribution in [0.25, 0.3) is 0 Å². The second kappa shape index (κ2) is 5.40. The molecular weight excluding hydrogens is 306 g/mol. The number of rotatable bonds is 3. The topological polar surface area (TPSA) is 53.5 Å². The molecule has 1 aliphatic heterocycles. The smallest absolute Gasteiger partial charge is 0.244 e. The highest BCUT2D eigenvalue weighted by Crippen LogP contribution is 2.27. The van der Waals surface area contributed by atoms with Crippen LogP contribution in [0.1, 0.15) is 10.4 Å². The van der Waals surface area contributed by atoms with Crippen LogP contribution in [-0.4, -0.2) is 38.3 Å². The van der Waals surface area contributed by atoms with Crippen molar-refractivity contribution in [1.82, 2.24) is 9.29 Å². The normalized spacial score (nSPS) is 15.3. The molecule has 0 spiro atoms. The van der Waals surface area contributed by atoms with Gasteiger partial charge < -0.3 is 4.90 Å². The molecule has 3 rings (SSSR count). The molecule has 0 unspecified atom stereocenters. The largest absolute Gasteiger partial charge is 0.352 e. The molecule has 0 radical (unpaired) electrons. The van der Waals surface area contributed by atoms with Crippen LogP contribution in [-0.2, 0) is 23.0 Å². The molecule has 2 aromatic rings. The van der Waals surface area contributed by atoms with Gasteiger partial charge in [-0.2, -0.15) is 0 Å². The highest BCUT2D eigenvalue weighted by atomic mass is 32.2. The highest BCUT2D eigenvalue weighted by Gasteiger charge is 2.21. The van der Waals surface area contributed by atoms with E-state index >= 15 is 0 Å². The van der Waals surface area contributed by atoms with Gasteiger partial charge in [-0.25, -0.2) is 17.7 Å². The SMILES string of the molecule is CN(C)S(=O)(=O)c1ccc(N2CCc3sccc3C2)nc1. The first-order valence-corrected chi connectivity index (χ1v) is 8.99. The molecule has 0 aromatic carbocycles. The summed E-state index contributed by atoms with van der Waals surface area (Å²) in [5.74, 6) is 0.824. The Kier molecular flexibility index (Phi) is 3.73. The van der Waals surface area contributed by atoms with Crippen LogP contribution in [0.4, 0.5) is 5.82 Å². The van der Waals surface area contributed by atoms with Crippen molar-refractivity contribution in [2.24, 2.45) is 0 Å². The molecule has 112 valence electrons. The van der Waals surface area contributed by atoms with Gasteiger partial charge in [0, 0.05) is 38.3 Å². The average molecular weight is 323 g/mol. The number of aromatic nitrogens is 1. The van der Waals surface area contributed by atoms with E-state index in [4.69, 9.17) is 0 Å². The number of hydrogen-bond acceptors (Lipinski definition) is 5. The monoisotopic (exact) mass is 323 g/mol. The molecule has 0 fully saturated rings. The lowest BCUT2D eigenvalue weighted by atomic mass is 10.1. The molecule has 0 bridgehead atoms. The molecule has 0 amide bonds. The molecule has 0 saturated heterocycles. The number of hydrogen-bond donors (Lipinski definition) is 0. The number of pyridine rings is 1. The van der Waals surface area contributed by atoms with Crippen LogP contribution in [0.3, 0.4) is 0 Å². The highest BCUT2D eigenvalue weighted by molar-refractivity contribution is 7.89. The van der Waals surface area contributed by atoms with Crippen molar-refractivity contribution >= 4 is 27.2 Å². The van der Waals surface area contributed by atoms with Crippen molar-refractivity contribution in [2.75, 3.05) is 25.5 Å². The molecular formula is C14H17N3O2S2. The molecule has 0 N–H and O–H groups in total. The van der Waals surface area contributed by atoms with Crippen molar-refractivity contribution in [2.45, 2.75) is 17.9 Å². The summed E-state index contributed by atoms with van der Waals surface area (Å²) in [4.78, 5) is 8.18. The van der Waals surface area contributed by atoms with E-state index in [-0.39, 0.29) is 4.90 Å². The van der Waals surface area contributed by atoms with Gasteiger partial charge in [0.15, 0.2) is 0 Å². The summed E-state index contributed by atoms with van der Waals surface area (Å²) in [5, 5.41) is 2.12. The summed E-state index contributed by atoms with van der Waals surface area (Å²) < 4.78 is 25.2. The standard InChI is InChI=1S/C14H17N3O2S2/c1-16(2)21(18,19)12-3-4-14(15-9-12)17-7-5-13-11(10-17)6-8-20-13/h3-4,6,8-9H,5,7,10H2,1-2H3. The minimum absolute atomic E-state index is 0.226. The van der Waals surface area contributed by atoms with Crippen LogP contribution in [0.2, 0.25) is 0 Å². The van der Waals surface area contributed by atoms with Gasteiger partial charge in [-0.05, 0) is 35.6 Å². The number of anilines is 1. The van der Waals surface area contributed by atoms with E-state index in [0.717, 1.165) is 25.3 Å². The molecule has 2 aromatic heterocycles. The molecule has 0 atom stereocenters. The molecule has 21 heavy (non-hydrogen) atoms. The number of thiophene rings is 1. The van der Waals surface area contributed by atoms with Gasteiger partial charge in [0.25, 0.3) is 0 Å². The molecule has 3 heterocycles. The summed E-state index contributed by atoms with van der Waals surface area (Å²) in [7, 11) is -0.370. The van der Waals surface area contributed by atoms with E-state index in [9.17, 15) is 8.42 Å². The first kappa shape index (κ1) is 14.5. The zero-order chi connectivity index (χ0) is 15.0. The van der Waals surface area contributed by atoms with Crippen LogP contribution in [0.15, 0.2) is 34.7 Å². The number of sulfonamides is 1. The van der Waals surface area contributed by atoms with Crippen LogP contribution < -0.4 is 4.90 Å². The Hall–Kier alpha value is -1.44. The van der Waals surface area contributed by atoms with Crippen molar-refractivity contribution < 1.29 is 8.42 Å². The minimum Gasteiger partial charge on any atom is -0.352 e. The fraction of sp³-hybridized carbons (Fsp3) is 0.357. The molecule has 0 aliphatic carbocycles. The van der Waals surface area contributed by atoms with Gasteiger partial charge >= 0.3 is 0 Å². The third-order valence-corrected chi connectivity index (χ3v) is 6.45. The van der Waals surface area contributed by atoms with E-state index in [2.05, 4.69) is 21.3 Å². The van der Waals surface area contributed by atoms with Gasteiger partial charge in [0.2, 0.25) is 10.0 Å². The molecule has 7 heteroatoms. The summed E-state index contributed by atoms with van der Waals surface area (Å²) in [6, 6.07) is 5.56. The first-order chi connectivity index (χ1) is 9.98. The van der Waals surface area contributed by atoms with Crippen molar-refractivity contribution in [3.05, 3.63) is 40.2 Å². The van der Waals surface area contributed by atoms with Crippen LogP contribution in [0, 0.1) is 0 Å². The Bertz CT molecular complexity index is 736. The maximum Gasteiger partial charge on any atom is 0.244 e. The van der Waals surface area contributed by atoms with Gasteiger partial charge in [0.05, 0.1) is 0 Å². The lowest BCUT2D eigenvalue weighted by Crippen LogP contribution is -2.30. The maximum atomic E-state index is 12.0. The lowest BCUT2D eigenvalue weighted by Gasteiger charge is -2.28. The Morgan fingerprint density at radius 1 is 1.29 bits per heavy atom. The second-order valence-corrected chi connectivity index (χ2v) is 8.33. The second-order valence-electron chi connectivity index (χ2n) is 5.18. The van der Waals surface area contributed by atoms with E-state index in [1.54, 1.807) is 23.5 Å². The predicted octanol–water partition coefficient (Wildman–Crippen LogP) is 1.96. The lowest BCUT2D eigenvalue weighted by molar-refractivity contribution is 0.520. The summed E-state index contributed by atoms with van der Waals surface area (Å²) in [5.41, 5.74) is 1.35. The summed E-state index contributed by atoms with van der Waals surface area (Å²) >= 11 is 1.80. The Balaban J connectivity index is 1.83. The Morgan fingerprint density at radius 2 is 2.10 bits per heavy atom. The first-order valence-electron chi connectivity index (χ1n) is 6.67. The van der Waals surface area contributed by atoms with Gasteiger partial charge in [-0.1, -0.05) is 0 Å². The van der Waals surface area contributed by atoms with Crippen molar-refractivity contribution in [3.8, 4) is 0 Å². The van der Waals surface area contributed by atoms with Gasteiger partial charge in [-0.3, -0.25) is 0 Å². The fourth-order valence-corrected chi connectivity index (χ4v) is 4.10. The Labute approximate surface area is 128 Å². The van der Waals surface area contributed by atoms with E-state index in [1.165, 1.54) is 35.0 Å². The zero-order valence-corrected chi connectivity index (χ0v) is 13.6. The quantitative estimate of drug-likeness (QED) is 0.866. The van der Waals surface area contributed by atoms with Gasteiger partial charge in [-0.15, -0.1) is 11.3 Å². The molecule has 0 saturated carbocycles. The minimum atomic E-state index is -3.41. The summed E-state index contributed by atoms with van der Waals surface area (Å²) in [6.45, 7) is 1.76. The van der Waals surface area contributed by atoms with Crippen LogP contribution >= 0.6 is 11.3 Å². The average Bonchev–Trinajstić information content (AvgIpc) is 2.94. The van der Waals surface area contributed by atoms with Crippen molar-refractivity contribution in [3.63, 3.8) is 0 Å². The molecule has 1 aliphatic rings. The third-order valence-electron chi connectivity index (χ3n) is 3.63. The van der Waals surface area contributed by atoms with E-state index in [1.807, 2.05) is 0 Å². The predicted molar refractivity (Wildman–Crippen MR) is 84.2 cm³/mol. The summed E-state index contributed by atoms with van der Waals surface area (Å²) in [6.07, 6.45) is 2.46. The van der Waals surface area contributed by atoms with E-state index < -0.39 is 10.0 Å². The van der Waals surface area contributed by atoms with Gasteiger partial charge in [0.1, 0.15) is 10.7 Å². The third kappa shape index (κ3) is 2.68. The fourth-order valence-electron chi connectivity index (χ4n) is 2.37. The van der Waals surface area contributed by atoms with Crippen LogP contribution in [0.5, 0.6) is 0 Å². The number of nitrogens with zero attached hydrogens (tertiary/aromatic N) is 3. The zero-order valence-electron chi connectivity index (χ0n) is 12.0.